The molecule has 0 saturated carbocycles. The lowest BCUT2D eigenvalue weighted by molar-refractivity contribution is -0.147. The Labute approximate surface area is 89.7 Å². The van der Waals surface area contributed by atoms with E-state index in [-0.39, 0.29) is 6.42 Å². The van der Waals surface area contributed by atoms with Gasteiger partial charge in [-0.25, -0.2) is 0 Å². The number of carboxylic acid groups (broad SMARTS) is 1. The van der Waals surface area contributed by atoms with Crippen molar-refractivity contribution in [2.45, 2.75) is 45.7 Å². The minimum absolute atomic E-state index is 0.236. The lowest BCUT2D eigenvalue weighted by atomic mass is 9.86. The monoisotopic (exact) mass is 238 g/mol. The molecule has 90 valence electrons. The molecule has 6 heteroatoms. The molecule has 0 aliphatic heterocycles. The third-order valence-electron chi connectivity index (χ3n) is 2.62. The van der Waals surface area contributed by atoms with Gasteiger partial charge >= 0.3 is 13.6 Å². The zero-order valence-electron chi connectivity index (χ0n) is 9.30. The van der Waals surface area contributed by atoms with Gasteiger partial charge in [-0.15, -0.1) is 0 Å². The Hall–Kier alpha value is -0.380. The summed E-state index contributed by atoms with van der Waals surface area (Å²) in [6.07, 6.45) is 1.64. The Morgan fingerprint density at radius 3 is 2.13 bits per heavy atom. The molecule has 5 nitrogen and oxygen atoms in total. The van der Waals surface area contributed by atoms with E-state index >= 15 is 0 Å². The highest BCUT2D eigenvalue weighted by Crippen LogP contribution is 2.52. The SMILES string of the molecule is CCCCC(C(C)(C)C(=O)O)P(=O)(O)O. The summed E-state index contributed by atoms with van der Waals surface area (Å²) in [6, 6.07) is 0. The first-order chi connectivity index (χ1) is 6.64. The molecule has 0 fully saturated rings. The van der Waals surface area contributed by atoms with E-state index in [2.05, 4.69) is 0 Å². The summed E-state index contributed by atoms with van der Waals surface area (Å²) in [5.41, 5.74) is -2.50. The molecule has 0 aliphatic rings. The lowest BCUT2D eigenvalue weighted by Crippen LogP contribution is -2.37. The Balaban J connectivity index is 4.94. The van der Waals surface area contributed by atoms with Crippen molar-refractivity contribution in [2.24, 2.45) is 5.41 Å². The van der Waals surface area contributed by atoms with Gasteiger partial charge in [0, 0.05) is 0 Å². The smallest absolute Gasteiger partial charge is 0.329 e. The fraction of sp³-hybridized carbons (Fsp3) is 0.889. The van der Waals surface area contributed by atoms with Crippen LogP contribution in [0.15, 0.2) is 0 Å². The van der Waals surface area contributed by atoms with Gasteiger partial charge in [-0.2, -0.15) is 0 Å². The Morgan fingerprint density at radius 2 is 1.87 bits per heavy atom. The molecule has 0 radical (unpaired) electrons. The van der Waals surface area contributed by atoms with Crippen molar-refractivity contribution in [1.82, 2.24) is 0 Å². The van der Waals surface area contributed by atoms with Crippen molar-refractivity contribution in [3.05, 3.63) is 0 Å². The first-order valence-electron chi connectivity index (χ1n) is 4.92. The predicted octanol–water partition coefficient (Wildman–Crippen LogP) is 1.83. The van der Waals surface area contributed by atoms with Gasteiger partial charge < -0.3 is 14.9 Å². The summed E-state index contributed by atoms with van der Waals surface area (Å²) in [4.78, 5) is 29.2. The van der Waals surface area contributed by atoms with Crippen LogP contribution in [0.1, 0.15) is 40.0 Å². The van der Waals surface area contributed by atoms with Crippen LogP contribution in [-0.2, 0) is 9.36 Å². The second-order valence-corrected chi connectivity index (χ2v) is 6.08. The summed E-state index contributed by atoms with van der Waals surface area (Å²) in [5.74, 6) is -1.17. The topological polar surface area (TPSA) is 94.8 Å². The van der Waals surface area contributed by atoms with Crippen molar-refractivity contribution in [2.75, 3.05) is 0 Å². The quantitative estimate of drug-likeness (QED) is 0.613. The molecule has 15 heavy (non-hydrogen) atoms. The van der Waals surface area contributed by atoms with Gasteiger partial charge in [-0.3, -0.25) is 9.36 Å². The van der Waals surface area contributed by atoms with E-state index in [1.165, 1.54) is 13.8 Å². The van der Waals surface area contributed by atoms with E-state index in [0.717, 1.165) is 6.42 Å². The van der Waals surface area contributed by atoms with Crippen LogP contribution in [0.2, 0.25) is 0 Å². The first-order valence-corrected chi connectivity index (χ1v) is 6.60. The number of unbranched alkanes of at least 4 members (excludes halogenated alkanes) is 1. The summed E-state index contributed by atoms with van der Waals surface area (Å²) >= 11 is 0. The second-order valence-electron chi connectivity index (χ2n) is 4.27. The van der Waals surface area contributed by atoms with Gasteiger partial charge in [0.15, 0.2) is 0 Å². The van der Waals surface area contributed by atoms with Crippen molar-refractivity contribution >= 4 is 13.6 Å². The van der Waals surface area contributed by atoms with Crippen LogP contribution in [-0.4, -0.2) is 26.5 Å². The first kappa shape index (κ1) is 14.6. The number of aliphatic carboxylic acids is 1. The highest BCUT2D eigenvalue weighted by atomic mass is 31.2. The summed E-state index contributed by atoms with van der Waals surface area (Å²) < 4.78 is 11.2. The number of carbonyl (C=O) groups is 1. The number of hydrogen-bond donors (Lipinski definition) is 3. The lowest BCUT2D eigenvalue weighted by Gasteiger charge is -2.30. The number of rotatable bonds is 6. The highest BCUT2D eigenvalue weighted by molar-refractivity contribution is 7.52. The van der Waals surface area contributed by atoms with Gasteiger partial charge in [0.05, 0.1) is 11.1 Å². The van der Waals surface area contributed by atoms with E-state index in [1.54, 1.807) is 0 Å². The van der Waals surface area contributed by atoms with Crippen molar-refractivity contribution in [3.63, 3.8) is 0 Å². The molecule has 0 amide bonds. The van der Waals surface area contributed by atoms with E-state index in [4.69, 9.17) is 14.9 Å². The predicted molar refractivity (Wildman–Crippen MR) is 56.8 cm³/mol. The van der Waals surface area contributed by atoms with Crippen molar-refractivity contribution in [3.8, 4) is 0 Å². The second kappa shape index (κ2) is 5.10. The molecule has 0 spiro atoms. The molecule has 1 atom stereocenters. The molecule has 0 rings (SSSR count). The fourth-order valence-electron chi connectivity index (χ4n) is 1.49. The molecule has 0 bridgehead atoms. The molecule has 0 aromatic heterocycles. The molecule has 3 N–H and O–H groups in total. The molecular weight excluding hydrogens is 219 g/mol. The fourth-order valence-corrected chi connectivity index (χ4v) is 2.96. The van der Waals surface area contributed by atoms with Crippen LogP contribution in [0.25, 0.3) is 0 Å². The van der Waals surface area contributed by atoms with E-state index in [1.807, 2.05) is 6.92 Å². The average molecular weight is 238 g/mol. The Morgan fingerprint density at radius 1 is 1.40 bits per heavy atom. The van der Waals surface area contributed by atoms with Crippen LogP contribution in [0.3, 0.4) is 0 Å². The summed E-state index contributed by atoms with van der Waals surface area (Å²) in [6.45, 7) is 4.61. The van der Waals surface area contributed by atoms with Crippen LogP contribution in [0, 0.1) is 5.41 Å². The van der Waals surface area contributed by atoms with Gasteiger partial charge in [-0.1, -0.05) is 19.8 Å². The van der Waals surface area contributed by atoms with Crippen LogP contribution >= 0.6 is 7.60 Å². The molecule has 0 heterocycles. The van der Waals surface area contributed by atoms with Crippen molar-refractivity contribution in [1.29, 1.82) is 0 Å². The third-order valence-corrected chi connectivity index (χ3v) is 4.34. The van der Waals surface area contributed by atoms with Gasteiger partial charge in [0.25, 0.3) is 0 Å². The van der Waals surface area contributed by atoms with Gasteiger partial charge in [-0.05, 0) is 20.3 Å². The maximum atomic E-state index is 11.2. The van der Waals surface area contributed by atoms with Crippen LogP contribution < -0.4 is 0 Å². The summed E-state index contributed by atoms with van der Waals surface area (Å²) in [5, 5.41) is 8.93. The molecule has 0 aliphatic carbocycles. The minimum Gasteiger partial charge on any atom is -0.481 e. The minimum atomic E-state index is -4.36. The zero-order chi connectivity index (χ0) is 12.3. The molecule has 0 aromatic rings. The van der Waals surface area contributed by atoms with Gasteiger partial charge in [0.2, 0.25) is 0 Å². The normalized spacial score (nSPS) is 15.0. The van der Waals surface area contributed by atoms with E-state index in [0.29, 0.717) is 6.42 Å². The molecule has 1 unspecified atom stereocenters. The highest BCUT2D eigenvalue weighted by Gasteiger charge is 2.46. The average Bonchev–Trinajstić information content (AvgIpc) is 2.01. The zero-order valence-corrected chi connectivity index (χ0v) is 10.2. The third kappa shape index (κ3) is 3.93. The van der Waals surface area contributed by atoms with Crippen LogP contribution in [0.4, 0.5) is 0 Å². The largest absolute Gasteiger partial charge is 0.481 e. The Kier molecular flexibility index (Phi) is 4.97. The van der Waals surface area contributed by atoms with Crippen molar-refractivity contribution < 1.29 is 24.3 Å². The van der Waals surface area contributed by atoms with E-state index < -0.39 is 24.6 Å². The summed E-state index contributed by atoms with van der Waals surface area (Å²) in [7, 11) is -4.36. The molecule has 0 aromatic carbocycles. The van der Waals surface area contributed by atoms with Gasteiger partial charge in [0.1, 0.15) is 0 Å². The number of carboxylic acids is 1. The van der Waals surface area contributed by atoms with E-state index in [9.17, 15) is 9.36 Å². The Bertz CT molecular complexity index is 268. The maximum Gasteiger partial charge on any atom is 0.329 e. The van der Waals surface area contributed by atoms with Crippen LogP contribution in [0.5, 0.6) is 0 Å². The number of hydrogen-bond acceptors (Lipinski definition) is 2. The molecule has 0 saturated heterocycles. The maximum absolute atomic E-state index is 11.2. The molecular formula is C9H19O5P. The standard InChI is InChI=1S/C9H19O5P/c1-4-5-6-7(15(12,13)14)9(2,3)8(10)11/h7H,4-6H2,1-3H3,(H,10,11)(H2,12,13,14).